The molecule has 0 spiro atoms. The van der Waals surface area contributed by atoms with Crippen molar-refractivity contribution in [3.8, 4) is 11.5 Å². The lowest BCUT2D eigenvalue weighted by atomic mass is 10.1. The molecule has 2 aliphatic heterocycles. The highest BCUT2D eigenvalue weighted by Gasteiger charge is 2.32. The lowest BCUT2D eigenvalue weighted by Gasteiger charge is -2.34. The number of rotatable bonds is 2. The number of amides is 1. The summed E-state index contributed by atoms with van der Waals surface area (Å²) in [5, 5.41) is 12.4. The first-order valence-electron chi connectivity index (χ1n) is 8.86. The summed E-state index contributed by atoms with van der Waals surface area (Å²) in [5.74, 6) is 1.30. The maximum absolute atomic E-state index is 13.3. The fraction of sp³-hybridized carbons (Fsp3) is 0.190. The van der Waals surface area contributed by atoms with Crippen LogP contribution in [-0.4, -0.2) is 29.0 Å². The molecule has 1 unspecified atom stereocenters. The summed E-state index contributed by atoms with van der Waals surface area (Å²) >= 11 is 1.58. The summed E-state index contributed by atoms with van der Waals surface area (Å²) < 4.78 is 5.95. The number of para-hydroxylation sites is 4. The second-order valence-electron chi connectivity index (χ2n) is 6.76. The Morgan fingerprint density at radius 2 is 1.74 bits per heavy atom. The third-order valence-corrected chi connectivity index (χ3v) is 6.01. The van der Waals surface area contributed by atoms with Gasteiger partial charge in [-0.15, -0.1) is 11.3 Å². The van der Waals surface area contributed by atoms with E-state index < -0.39 is 6.10 Å². The van der Waals surface area contributed by atoms with Crippen LogP contribution in [0.15, 0.2) is 60.0 Å². The van der Waals surface area contributed by atoms with Crippen LogP contribution in [0.4, 0.5) is 11.4 Å². The average Bonchev–Trinajstić information content (AvgIpc) is 3.15. The van der Waals surface area contributed by atoms with Crippen molar-refractivity contribution in [1.29, 1.82) is 0 Å². The number of fused-ring (bicyclic) bond motifs is 3. The third kappa shape index (κ3) is 2.82. The van der Waals surface area contributed by atoms with Crippen molar-refractivity contribution in [2.24, 2.45) is 0 Å². The van der Waals surface area contributed by atoms with Crippen LogP contribution in [0.2, 0.25) is 0 Å². The first-order valence-corrected chi connectivity index (χ1v) is 9.74. The molecule has 1 atom stereocenters. The van der Waals surface area contributed by atoms with Crippen molar-refractivity contribution < 1.29 is 14.6 Å². The van der Waals surface area contributed by atoms with Crippen LogP contribution in [0.5, 0.6) is 11.5 Å². The molecule has 0 radical (unpaired) electrons. The van der Waals surface area contributed by atoms with Gasteiger partial charge in [-0.25, -0.2) is 0 Å². The Labute approximate surface area is 161 Å². The van der Waals surface area contributed by atoms with Crippen LogP contribution in [-0.2, 0) is 11.3 Å². The van der Waals surface area contributed by atoms with Gasteiger partial charge in [0.2, 0.25) is 5.91 Å². The highest BCUT2D eigenvalue weighted by Crippen LogP contribution is 2.46. The van der Waals surface area contributed by atoms with Crippen LogP contribution in [0.1, 0.15) is 16.5 Å². The van der Waals surface area contributed by atoms with Crippen molar-refractivity contribution >= 4 is 28.6 Å². The monoisotopic (exact) mass is 378 g/mol. The summed E-state index contributed by atoms with van der Waals surface area (Å²) in [7, 11) is 0. The van der Waals surface area contributed by atoms with Crippen LogP contribution in [0.25, 0.3) is 0 Å². The Kier molecular flexibility index (Phi) is 3.97. The van der Waals surface area contributed by atoms with E-state index >= 15 is 0 Å². The van der Waals surface area contributed by atoms with E-state index in [1.165, 1.54) is 0 Å². The molecular weight excluding hydrogens is 360 g/mol. The molecule has 0 aliphatic carbocycles. The Balaban J connectivity index is 1.46. The van der Waals surface area contributed by atoms with Gasteiger partial charge in [0.25, 0.3) is 0 Å². The second-order valence-corrected chi connectivity index (χ2v) is 7.71. The summed E-state index contributed by atoms with van der Waals surface area (Å²) in [4.78, 5) is 18.0. The number of hydrogen-bond donors (Lipinski definition) is 1. The number of nitrogens with zero attached hydrogens (tertiary/aromatic N) is 2. The van der Waals surface area contributed by atoms with E-state index in [9.17, 15) is 9.90 Å². The van der Waals surface area contributed by atoms with Gasteiger partial charge in [-0.1, -0.05) is 24.3 Å². The van der Waals surface area contributed by atoms with E-state index in [1.807, 2.05) is 64.9 Å². The lowest BCUT2D eigenvalue weighted by Crippen LogP contribution is -2.42. The number of aliphatic hydroxyl groups excluding tert-OH is 1. The number of carbonyl (C=O) groups excluding carboxylic acids is 1. The number of hydrogen-bond acceptors (Lipinski definition) is 5. The molecule has 2 aliphatic rings. The van der Waals surface area contributed by atoms with Gasteiger partial charge in [0.1, 0.15) is 6.10 Å². The smallest absolute Gasteiger partial charge is 0.245 e. The van der Waals surface area contributed by atoms with Crippen molar-refractivity contribution in [3.05, 3.63) is 70.4 Å². The topological polar surface area (TPSA) is 53.0 Å². The minimum absolute atomic E-state index is 0.0379. The average molecular weight is 378 g/mol. The number of aliphatic hydroxyl groups is 1. The van der Waals surface area contributed by atoms with Crippen LogP contribution in [0, 0.1) is 0 Å². The molecule has 5 rings (SSSR count). The molecule has 6 heteroatoms. The van der Waals surface area contributed by atoms with Gasteiger partial charge < -0.3 is 9.84 Å². The molecule has 5 nitrogen and oxygen atoms in total. The van der Waals surface area contributed by atoms with Gasteiger partial charge in [-0.2, -0.15) is 0 Å². The van der Waals surface area contributed by atoms with Gasteiger partial charge >= 0.3 is 0 Å². The summed E-state index contributed by atoms with van der Waals surface area (Å²) in [6.45, 7) is 1.37. The molecule has 136 valence electrons. The largest absolute Gasteiger partial charge is 0.453 e. The van der Waals surface area contributed by atoms with Crippen molar-refractivity contribution in [1.82, 2.24) is 4.90 Å². The number of thiophene rings is 1. The van der Waals surface area contributed by atoms with Gasteiger partial charge in [0.05, 0.1) is 17.9 Å². The number of anilines is 2. The van der Waals surface area contributed by atoms with Crippen molar-refractivity contribution in [3.63, 3.8) is 0 Å². The maximum Gasteiger partial charge on any atom is 0.245 e. The van der Waals surface area contributed by atoms with Crippen LogP contribution in [0.3, 0.4) is 0 Å². The molecule has 3 aromatic rings. The highest BCUT2D eigenvalue weighted by molar-refractivity contribution is 7.10. The van der Waals surface area contributed by atoms with Gasteiger partial charge in [0, 0.05) is 18.0 Å². The van der Waals surface area contributed by atoms with E-state index in [0.717, 1.165) is 21.8 Å². The SMILES string of the molecule is O=C(CN1Cc2ccsc2C(O)C1)N1c2ccccc2Oc2ccccc21. The quantitative estimate of drug-likeness (QED) is 0.730. The van der Waals surface area contributed by atoms with Gasteiger partial charge in [-0.05, 0) is 41.3 Å². The zero-order valence-corrected chi connectivity index (χ0v) is 15.4. The molecule has 0 fully saturated rings. The van der Waals surface area contributed by atoms with Gasteiger partial charge in [-0.3, -0.25) is 14.6 Å². The van der Waals surface area contributed by atoms with Crippen molar-refractivity contribution in [2.75, 3.05) is 18.0 Å². The zero-order chi connectivity index (χ0) is 18.4. The van der Waals surface area contributed by atoms with E-state index in [2.05, 4.69) is 0 Å². The molecule has 1 aromatic heterocycles. The standard InChI is InChI=1S/C21H18N2O3S/c24-17-12-22(11-14-9-10-27-21(14)17)13-20(25)23-15-5-1-3-7-18(15)26-19-8-4-2-6-16(19)23/h1-10,17,24H,11-13H2. The first kappa shape index (κ1) is 16.5. The zero-order valence-electron chi connectivity index (χ0n) is 14.5. The molecule has 0 saturated carbocycles. The van der Waals surface area contributed by atoms with E-state index in [4.69, 9.17) is 4.74 Å². The Bertz CT molecular complexity index is 970. The minimum Gasteiger partial charge on any atom is -0.453 e. The number of benzene rings is 2. The number of ether oxygens (including phenoxy) is 1. The number of carbonyl (C=O) groups is 1. The summed E-state index contributed by atoms with van der Waals surface area (Å²) in [5.41, 5.74) is 2.60. The highest BCUT2D eigenvalue weighted by atomic mass is 32.1. The normalized spacial score (nSPS) is 18.3. The van der Waals surface area contributed by atoms with Crippen LogP contribution >= 0.6 is 11.3 Å². The summed E-state index contributed by atoms with van der Waals surface area (Å²) in [6, 6.07) is 17.2. The summed E-state index contributed by atoms with van der Waals surface area (Å²) in [6.07, 6.45) is -0.536. The molecule has 3 heterocycles. The third-order valence-electron chi connectivity index (χ3n) is 4.95. The van der Waals surface area contributed by atoms with E-state index in [-0.39, 0.29) is 12.5 Å². The molecule has 1 amide bonds. The Morgan fingerprint density at radius 1 is 1.07 bits per heavy atom. The second kappa shape index (κ2) is 6.49. The molecule has 2 aromatic carbocycles. The van der Waals surface area contributed by atoms with Crippen LogP contribution < -0.4 is 9.64 Å². The van der Waals surface area contributed by atoms with E-state index in [0.29, 0.717) is 24.6 Å². The van der Waals surface area contributed by atoms with E-state index in [1.54, 1.807) is 16.2 Å². The molecule has 0 bridgehead atoms. The maximum atomic E-state index is 13.3. The Hall–Kier alpha value is -2.67. The predicted octanol–water partition coefficient (Wildman–Crippen LogP) is 4.07. The fourth-order valence-electron chi connectivity index (χ4n) is 3.76. The fourth-order valence-corrected chi connectivity index (χ4v) is 4.65. The Morgan fingerprint density at radius 3 is 2.44 bits per heavy atom. The molecule has 27 heavy (non-hydrogen) atoms. The first-order chi connectivity index (χ1) is 13.2. The predicted molar refractivity (Wildman–Crippen MR) is 105 cm³/mol. The lowest BCUT2D eigenvalue weighted by molar-refractivity contribution is -0.119. The van der Waals surface area contributed by atoms with Gasteiger partial charge in [0.15, 0.2) is 11.5 Å². The van der Waals surface area contributed by atoms with Crippen molar-refractivity contribution in [2.45, 2.75) is 12.6 Å². The minimum atomic E-state index is -0.536. The molecule has 1 N–H and O–H groups in total. The molecular formula is C21H18N2O3S. The molecule has 0 saturated heterocycles. The number of β-amino-alcohol motifs (C(OH)–C–C–N with tert-alkyl or cyclic N) is 1.